The van der Waals surface area contributed by atoms with E-state index in [1.54, 1.807) is 0 Å². The van der Waals surface area contributed by atoms with Crippen LogP contribution in [0.25, 0.3) is 0 Å². The average molecular weight is 292 g/mol. The van der Waals surface area contributed by atoms with Gasteiger partial charge in [0.2, 0.25) is 6.39 Å². The molecule has 2 N–H and O–H groups in total. The minimum Gasteiger partial charge on any atom is -0.370 e. The summed E-state index contributed by atoms with van der Waals surface area (Å²) in [5.74, 6) is 0.0485. The number of nitro groups is 1. The number of hydrogen-bond donors (Lipinski definition) is 2. The summed E-state index contributed by atoms with van der Waals surface area (Å²) in [5.41, 5.74) is -0.184. The lowest BCUT2D eigenvalue weighted by atomic mass is 10.2. The van der Waals surface area contributed by atoms with E-state index in [1.165, 1.54) is 0 Å². The molecule has 0 bridgehead atoms. The largest absolute Gasteiger partial charge is 0.370 e. The van der Waals surface area contributed by atoms with E-state index in [4.69, 9.17) is 0 Å². The van der Waals surface area contributed by atoms with Crippen molar-refractivity contribution in [2.75, 3.05) is 11.9 Å². The second-order valence-electron chi connectivity index (χ2n) is 3.91. The first-order valence-corrected chi connectivity index (χ1v) is 6.03. The maximum atomic E-state index is 12.1. The van der Waals surface area contributed by atoms with Crippen LogP contribution in [0, 0.1) is 10.1 Å². The van der Waals surface area contributed by atoms with Crippen LogP contribution in [0.3, 0.4) is 0 Å². The summed E-state index contributed by atoms with van der Waals surface area (Å²) < 4.78 is 4.54. The van der Waals surface area contributed by atoms with Crippen molar-refractivity contribution in [2.24, 2.45) is 0 Å². The van der Waals surface area contributed by atoms with Gasteiger partial charge in [0.25, 0.3) is 11.6 Å². The summed E-state index contributed by atoms with van der Waals surface area (Å²) in [6.45, 7) is 2.39. The molecule has 0 aliphatic heterocycles. The number of amides is 1. The van der Waals surface area contributed by atoms with Crippen molar-refractivity contribution < 1.29 is 14.2 Å². The molecule has 21 heavy (non-hydrogen) atoms. The van der Waals surface area contributed by atoms with Crippen LogP contribution >= 0.6 is 0 Å². The first-order chi connectivity index (χ1) is 10.1. The highest BCUT2D eigenvalue weighted by molar-refractivity contribution is 5.99. The third kappa shape index (κ3) is 3.49. The second kappa shape index (κ2) is 6.41. The van der Waals surface area contributed by atoms with Crippen LogP contribution in [0.2, 0.25) is 0 Å². The zero-order chi connectivity index (χ0) is 15.2. The summed E-state index contributed by atoms with van der Waals surface area (Å²) in [6.07, 6.45) is 2.23. The Kier molecular flexibility index (Phi) is 4.39. The summed E-state index contributed by atoms with van der Waals surface area (Å²) in [6, 6.07) is 1.16. The fourth-order valence-electron chi connectivity index (χ4n) is 1.56. The lowest BCUT2D eigenvalue weighted by Crippen LogP contribution is -2.25. The summed E-state index contributed by atoms with van der Waals surface area (Å²) in [7, 11) is 0. The molecule has 0 spiro atoms. The normalized spacial score (nSPS) is 10.1. The minimum atomic E-state index is -0.612. The third-order valence-corrected chi connectivity index (χ3v) is 2.49. The van der Waals surface area contributed by atoms with Gasteiger partial charge in [-0.2, -0.15) is 4.98 Å². The lowest BCUT2D eigenvalue weighted by molar-refractivity contribution is -0.385. The van der Waals surface area contributed by atoms with E-state index in [2.05, 4.69) is 30.3 Å². The fraction of sp³-hybridized carbons (Fsp3) is 0.273. The number of hydrogen-bond acceptors (Lipinski definition) is 8. The summed E-state index contributed by atoms with van der Waals surface area (Å²) >= 11 is 0. The predicted octanol–water partition coefficient (Wildman–Crippen LogP) is 0.735. The fourth-order valence-corrected chi connectivity index (χ4v) is 1.56. The van der Waals surface area contributed by atoms with Crippen LogP contribution in [-0.2, 0) is 6.54 Å². The Morgan fingerprint density at radius 3 is 2.90 bits per heavy atom. The van der Waals surface area contributed by atoms with Gasteiger partial charge in [-0.3, -0.25) is 14.9 Å². The Balaban J connectivity index is 2.20. The molecule has 0 atom stereocenters. The number of nitrogens with zero attached hydrogens (tertiary/aromatic N) is 4. The van der Waals surface area contributed by atoms with E-state index < -0.39 is 10.8 Å². The Hall–Kier alpha value is -3.04. The zero-order valence-corrected chi connectivity index (χ0v) is 11.1. The van der Waals surface area contributed by atoms with Crippen LogP contribution in [0.5, 0.6) is 0 Å². The van der Waals surface area contributed by atoms with Crippen molar-refractivity contribution >= 4 is 17.4 Å². The molecule has 1 amide bonds. The van der Waals surface area contributed by atoms with Crippen molar-refractivity contribution in [3.63, 3.8) is 0 Å². The van der Waals surface area contributed by atoms with Crippen molar-refractivity contribution in [2.45, 2.75) is 13.5 Å². The third-order valence-electron chi connectivity index (χ3n) is 2.49. The predicted molar refractivity (Wildman–Crippen MR) is 70.5 cm³/mol. The monoisotopic (exact) mass is 292 g/mol. The minimum absolute atomic E-state index is 0.0452. The van der Waals surface area contributed by atoms with Gasteiger partial charge in [-0.05, 0) is 6.92 Å². The first kappa shape index (κ1) is 14.4. The number of anilines is 1. The lowest BCUT2D eigenvalue weighted by Gasteiger charge is -2.09. The molecular formula is C11H12N6O4. The number of aromatic nitrogens is 3. The number of carbonyl (C=O) groups excluding carboxylic acids is 1. The van der Waals surface area contributed by atoms with E-state index in [0.29, 0.717) is 12.4 Å². The summed E-state index contributed by atoms with van der Waals surface area (Å²) in [4.78, 5) is 29.9. The van der Waals surface area contributed by atoms with Gasteiger partial charge in [-0.25, -0.2) is 4.98 Å². The molecule has 2 aromatic heterocycles. The van der Waals surface area contributed by atoms with Crippen molar-refractivity contribution in [3.8, 4) is 0 Å². The Labute approximate surface area is 118 Å². The van der Waals surface area contributed by atoms with Crippen LogP contribution < -0.4 is 10.6 Å². The maximum Gasteiger partial charge on any atom is 0.288 e. The van der Waals surface area contributed by atoms with Crippen molar-refractivity contribution in [3.05, 3.63) is 40.2 Å². The Morgan fingerprint density at radius 1 is 1.48 bits per heavy atom. The number of pyridine rings is 1. The Bertz CT molecular complexity index is 642. The van der Waals surface area contributed by atoms with E-state index in [0.717, 1.165) is 18.7 Å². The molecular weight excluding hydrogens is 280 g/mol. The van der Waals surface area contributed by atoms with Gasteiger partial charge in [0.15, 0.2) is 5.82 Å². The quantitative estimate of drug-likeness (QED) is 0.587. The van der Waals surface area contributed by atoms with Gasteiger partial charge in [0, 0.05) is 12.6 Å². The molecule has 0 unspecified atom stereocenters. The molecule has 2 rings (SSSR count). The van der Waals surface area contributed by atoms with Gasteiger partial charge < -0.3 is 15.2 Å². The van der Waals surface area contributed by atoms with Crippen LogP contribution in [-0.4, -0.2) is 32.5 Å². The SMILES string of the molecule is CCNc1ncc([N+](=O)[O-])cc1C(=O)NCc1ncon1. The molecule has 0 radical (unpaired) electrons. The molecule has 0 aliphatic rings. The Morgan fingerprint density at radius 2 is 2.29 bits per heavy atom. The molecule has 2 aromatic rings. The number of nitrogens with one attached hydrogen (secondary N) is 2. The highest BCUT2D eigenvalue weighted by atomic mass is 16.6. The molecule has 0 aliphatic carbocycles. The van der Waals surface area contributed by atoms with Gasteiger partial charge in [-0.15, -0.1) is 0 Å². The van der Waals surface area contributed by atoms with Gasteiger partial charge in [-0.1, -0.05) is 5.16 Å². The second-order valence-corrected chi connectivity index (χ2v) is 3.91. The van der Waals surface area contributed by atoms with Gasteiger partial charge >= 0.3 is 0 Å². The molecule has 0 aromatic carbocycles. The topological polar surface area (TPSA) is 136 Å². The molecule has 10 heteroatoms. The maximum absolute atomic E-state index is 12.1. The van der Waals surface area contributed by atoms with Crippen molar-refractivity contribution in [1.29, 1.82) is 0 Å². The number of rotatable bonds is 6. The molecule has 0 saturated carbocycles. The molecule has 0 saturated heterocycles. The zero-order valence-electron chi connectivity index (χ0n) is 11.1. The molecule has 10 nitrogen and oxygen atoms in total. The van der Waals surface area contributed by atoms with E-state index in [1.807, 2.05) is 6.92 Å². The van der Waals surface area contributed by atoms with Crippen LogP contribution in [0.4, 0.5) is 11.5 Å². The molecule has 2 heterocycles. The molecule has 0 fully saturated rings. The number of carbonyl (C=O) groups is 1. The first-order valence-electron chi connectivity index (χ1n) is 6.03. The highest BCUT2D eigenvalue weighted by Gasteiger charge is 2.18. The van der Waals surface area contributed by atoms with E-state index >= 15 is 0 Å². The highest BCUT2D eigenvalue weighted by Crippen LogP contribution is 2.19. The van der Waals surface area contributed by atoms with Gasteiger partial charge in [0.1, 0.15) is 12.0 Å². The van der Waals surface area contributed by atoms with Gasteiger partial charge in [0.05, 0.1) is 17.0 Å². The van der Waals surface area contributed by atoms with Crippen LogP contribution in [0.1, 0.15) is 23.1 Å². The smallest absolute Gasteiger partial charge is 0.288 e. The molecule has 110 valence electrons. The average Bonchev–Trinajstić information content (AvgIpc) is 2.98. The summed E-state index contributed by atoms with van der Waals surface area (Å²) in [5, 5.41) is 19.7. The van der Waals surface area contributed by atoms with E-state index in [9.17, 15) is 14.9 Å². The van der Waals surface area contributed by atoms with Crippen molar-refractivity contribution in [1.82, 2.24) is 20.4 Å². The standard InChI is InChI=1S/C11H12N6O4/c1-2-12-10-8(3-7(4-13-10)17(19)20)11(18)14-5-9-15-6-21-16-9/h3-4,6H,2,5H2,1H3,(H,12,13)(H,14,18). The van der Waals surface area contributed by atoms with Crippen LogP contribution in [0.15, 0.2) is 23.2 Å². The van der Waals surface area contributed by atoms with E-state index in [-0.39, 0.29) is 23.6 Å².